The van der Waals surface area contributed by atoms with E-state index in [-0.39, 0.29) is 0 Å². The van der Waals surface area contributed by atoms with Gasteiger partial charge in [-0.15, -0.1) is 0 Å². The number of ether oxygens (including phenoxy) is 2. The molecule has 0 bridgehead atoms. The summed E-state index contributed by atoms with van der Waals surface area (Å²) in [4.78, 5) is 0. The lowest BCUT2D eigenvalue weighted by molar-refractivity contribution is 0.0257. The first-order valence-corrected chi connectivity index (χ1v) is 5.90. The number of rotatable bonds is 7. The van der Waals surface area contributed by atoms with Crippen molar-refractivity contribution in [1.82, 2.24) is 5.32 Å². The molecule has 1 aromatic rings. The van der Waals surface area contributed by atoms with Crippen LogP contribution in [0.2, 0.25) is 0 Å². The largest absolute Gasteiger partial charge is 0.493 e. The molecule has 0 spiro atoms. The molecule has 2 N–H and O–H groups in total. The average Bonchev–Trinajstić information content (AvgIpc) is 2.34. The molecule has 0 aliphatic carbocycles. The number of para-hydroxylation sites is 2. The van der Waals surface area contributed by atoms with Crippen molar-refractivity contribution in [1.29, 1.82) is 0 Å². The van der Waals surface area contributed by atoms with Crippen LogP contribution in [-0.4, -0.2) is 31.1 Å². The maximum Gasteiger partial charge on any atom is 0.176 e. The number of hydrogen-bond donors (Lipinski definition) is 2. The molecule has 2 unspecified atom stereocenters. The average molecular weight is 239 g/mol. The molecule has 0 amide bonds. The number of benzene rings is 1. The molecule has 0 aliphatic rings. The van der Waals surface area contributed by atoms with Crippen molar-refractivity contribution in [3.8, 4) is 11.5 Å². The first-order valence-electron chi connectivity index (χ1n) is 5.90. The molecule has 4 nitrogen and oxygen atoms in total. The zero-order valence-corrected chi connectivity index (χ0v) is 10.6. The first-order chi connectivity index (χ1) is 8.19. The highest BCUT2D eigenvalue weighted by atomic mass is 16.5. The van der Waals surface area contributed by atoms with E-state index in [1.54, 1.807) is 14.0 Å². The van der Waals surface area contributed by atoms with Crippen LogP contribution in [0.4, 0.5) is 0 Å². The lowest BCUT2D eigenvalue weighted by Crippen LogP contribution is -2.43. The van der Waals surface area contributed by atoms with Gasteiger partial charge in [0.05, 0.1) is 7.11 Å². The summed E-state index contributed by atoms with van der Waals surface area (Å²) in [5.41, 5.74) is 0. The number of aliphatic hydroxyl groups excluding tert-OH is 1. The quantitative estimate of drug-likeness (QED) is 0.712. The molecule has 0 saturated heterocycles. The molecule has 0 aliphatic heterocycles. The van der Waals surface area contributed by atoms with Crippen molar-refractivity contribution in [3.63, 3.8) is 0 Å². The summed E-state index contributed by atoms with van der Waals surface area (Å²) in [6, 6.07) is 7.40. The van der Waals surface area contributed by atoms with E-state index in [1.165, 1.54) is 0 Å². The Morgan fingerprint density at radius 1 is 1.29 bits per heavy atom. The third-order valence-electron chi connectivity index (χ3n) is 2.36. The van der Waals surface area contributed by atoms with Gasteiger partial charge in [0.25, 0.3) is 0 Å². The molecule has 4 heteroatoms. The Kier molecular flexibility index (Phi) is 5.80. The highest BCUT2D eigenvalue weighted by Gasteiger charge is 2.17. The Morgan fingerprint density at radius 3 is 2.47 bits per heavy atom. The third-order valence-corrected chi connectivity index (χ3v) is 2.36. The summed E-state index contributed by atoms with van der Waals surface area (Å²) in [5.74, 6) is 1.29. The minimum atomic E-state index is -0.591. The van der Waals surface area contributed by atoms with Gasteiger partial charge in [-0.05, 0) is 32.0 Å². The van der Waals surface area contributed by atoms with Crippen LogP contribution >= 0.6 is 0 Å². The molecule has 2 atom stereocenters. The number of hydrogen-bond acceptors (Lipinski definition) is 4. The predicted octanol–water partition coefficient (Wildman–Crippen LogP) is 1.78. The lowest BCUT2D eigenvalue weighted by Gasteiger charge is -2.23. The fraction of sp³-hybridized carbons (Fsp3) is 0.538. The molecular formula is C13H21NO3. The van der Waals surface area contributed by atoms with E-state index in [9.17, 15) is 5.11 Å². The minimum absolute atomic E-state index is 0.425. The Bertz CT molecular complexity index is 328. The second-order valence-electron chi connectivity index (χ2n) is 3.88. The molecular weight excluding hydrogens is 218 g/mol. The Labute approximate surface area is 103 Å². The van der Waals surface area contributed by atoms with Gasteiger partial charge in [0.2, 0.25) is 0 Å². The van der Waals surface area contributed by atoms with Crippen molar-refractivity contribution in [3.05, 3.63) is 24.3 Å². The van der Waals surface area contributed by atoms with Gasteiger partial charge < -0.3 is 14.6 Å². The maximum absolute atomic E-state index is 9.64. The fourth-order valence-corrected chi connectivity index (χ4v) is 1.45. The van der Waals surface area contributed by atoms with Crippen molar-refractivity contribution >= 4 is 0 Å². The van der Waals surface area contributed by atoms with Crippen molar-refractivity contribution in [2.24, 2.45) is 0 Å². The molecule has 0 saturated carbocycles. The Balaban J connectivity index is 2.71. The van der Waals surface area contributed by atoms with E-state index in [1.807, 2.05) is 24.3 Å². The van der Waals surface area contributed by atoms with Gasteiger partial charge >= 0.3 is 0 Å². The van der Waals surface area contributed by atoms with E-state index < -0.39 is 12.3 Å². The SMILES string of the molecule is CCCNC(Oc1ccccc1OC)C(C)O. The van der Waals surface area contributed by atoms with E-state index >= 15 is 0 Å². The van der Waals surface area contributed by atoms with Crippen LogP contribution in [0.15, 0.2) is 24.3 Å². The number of nitrogens with one attached hydrogen (secondary N) is 1. The van der Waals surface area contributed by atoms with E-state index in [2.05, 4.69) is 12.2 Å². The smallest absolute Gasteiger partial charge is 0.176 e. The normalized spacial score (nSPS) is 14.1. The Hall–Kier alpha value is -1.26. The van der Waals surface area contributed by atoms with Crippen molar-refractivity contribution in [2.45, 2.75) is 32.6 Å². The second kappa shape index (κ2) is 7.14. The van der Waals surface area contributed by atoms with Crippen LogP contribution in [0.25, 0.3) is 0 Å². The second-order valence-corrected chi connectivity index (χ2v) is 3.88. The van der Waals surface area contributed by atoms with Crippen LogP contribution in [0.3, 0.4) is 0 Å². The van der Waals surface area contributed by atoms with Crippen LogP contribution in [0.1, 0.15) is 20.3 Å². The summed E-state index contributed by atoms with van der Waals surface area (Å²) in [5, 5.41) is 12.8. The third kappa shape index (κ3) is 4.24. The summed E-state index contributed by atoms with van der Waals surface area (Å²) >= 11 is 0. The Morgan fingerprint density at radius 2 is 1.94 bits per heavy atom. The topological polar surface area (TPSA) is 50.7 Å². The first kappa shape index (κ1) is 13.8. The fourth-order valence-electron chi connectivity index (χ4n) is 1.45. The van der Waals surface area contributed by atoms with Gasteiger partial charge in [0.15, 0.2) is 17.7 Å². The zero-order valence-electron chi connectivity index (χ0n) is 10.6. The van der Waals surface area contributed by atoms with Gasteiger partial charge in [-0.25, -0.2) is 0 Å². The van der Waals surface area contributed by atoms with Crippen molar-refractivity contribution in [2.75, 3.05) is 13.7 Å². The van der Waals surface area contributed by atoms with E-state index in [4.69, 9.17) is 9.47 Å². The zero-order chi connectivity index (χ0) is 12.7. The van der Waals surface area contributed by atoms with E-state index in [0.717, 1.165) is 13.0 Å². The van der Waals surface area contributed by atoms with Crippen LogP contribution in [-0.2, 0) is 0 Å². The standard InChI is InChI=1S/C13H21NO3/c1-4-9-14-13(10(2)15)17-12-8-6-5-7-11(12)16-3/h5-8,10,13-15H,4,9H2,1-3H3. The molecule has 0 radical (unpaired) electrons. The summed E-state index contributed by atoms with van der Waals surface area (Å²) in [7, 11) is 1.60. The van der Waals surface area contributed by atoms with Gasteiger partial charge in [-0.2, -0.15) is 0 Å². The molecule has 0 fully saturated rings. The molecule has 0 aromatic heterocycles. The molecule has 1 aromatic carbocycles. The van der Waals surface area contributed by atoms with E-state index in [0.29, 0.717) is 11.5 Å². The molecule has 17 heavy (non-hydrogen) atoms. The maximum atomic E-state index is 9.64. The van der Waals surface area contributed by atoms with Gasteiger partial charge in [0, 0.05) is 0 Å². The summed E-state index contributed by atoms with van der Waals surface area (Å²) in [6.07, 6.45) is -0.0314. The number of aliphatic hydroxyl groups is 1. The molecule has 0 heterocycles. The highest BCUT2D eigenvalue weighted by Crippen LogP contribution is 2.26. The van der Waals surface area contributed by atoms with Gasteiger partial charge in [0.1, 0.15) is 6.10 Å². The summed E-state index contributed by atoms with van der Waals surface area (Å²) in [6.45, 7) is 4.56. The number of methoxy groups -OCH3 is 1. The molecule has 96 valence electrons. The molecule has 1 rings (SSSR count). The van der Waals surface area contributed by atoms with Crippen LogP contribution < -0.4 is 14.8 Å². The monoisotopic (exact) mass is 239 g/mol. The van der Waals surface area contributed by atoms with Crippen molar-refractivity contribution < 1.29 is 14.6 Å². The van der Waals surface area contributed by atoms with Crippen LogP contribution in [0.5, 0.6) is 11.5 Å². The predicted molar refractivity (Wildman–Crippen MR) is 67.4 cm³/mol. The lowest BCUT2D eigenvalue weighted by atomic mass is 10.3. The minimum Gasteiger partial charge on any atom is -0.493 e. The summed E-state index contributed by atoms with van der Waals surface area (Å²) < 4.78 is 10.9. The van der Waals surface area contributed by atoms with Gasteiger partial charge in [-0.1, -0.05) is 19.1 Å². The highest BCUT2D eigenvalue weighted by molar-refractivity contribution is 5.39. The van der Waals surface area contributed by atoms with Crippen LogP contribution in [0, 0.1) is 0 Å². The van der Waals surface area contributed by atoms with Gasteiger partial charge in [-0.3, -0.25) is 5.32 Å².